The van der Waals surface area contributed by atoms with Gasteiger partial charge in [-0.1, -0.05) is 6.42 Å². The quantitative estimate of drug-likeness (QED) is 0.816. The predicted molar refractivity (Wildman–Crippen MR) is 76.1 cm³/mol. The molecule has 1 fully saturated rings. The van der Waals surface area contributed by atoms with E-state index >= 15 is 0 Å². The first-order valence-corrected chi connectivity index (χ1v) is 8.69. The summed E-state index contributed by atoms with van der Waals surface area (Å²) in [5, 5.41) is 0. The molecule has 0 saturated heterocycles. The molecule has 0 bridgehead atoms. The number of nitrogens with one attached hydrogen (secondary N) is 1. The van der Waals surface area contributed by atoms with Gasteiger partial charge in [0.05, 0.1) is 10.6 Å². The van der Waals surface area contributed by atoms with Gasteiger partial charge in [0, 0.05) is 11.3 Å². The maximum Gasteiger partial charge on any atom is 0.240 e. The Hall–Kier alpha value is -0.790. The van der Waals surface area contributed by atoms with Crippen LogP contribution in [0.5, 0.6) is 0 Å². The highest BCUT2D eigenvalue weighted by Gasteiger charge is 2.37. The molecule has 7 heteroatoms. The van der Waals surface area contributed by atoms with Crippen molar-refractivity contribution in [2.45, 2.75) is 28.9 Å². The van der Waals surface area contributed by atoms with E-state index in [2.05, 4.69) is 4.72 Å². The van der Waals surface area contributed by atoms with Crippen molar-refractivity contribution in [3.63, 3.8) is 0 Å². The molecule has 1 aliphatic rings. The number of anilines is 1. The maximum absolute atomic E-state index is 13.3. The fourth-order valence-electron chi connectivity index (χ4n) is 2.01. The molecule has 1 saturated carbocycles. The Kier molecular flexibility index (Phi) is 4.08. The number of benzene rings is 1. The van der Waals surface area contributed by atoms with Crippen molar-refractivity contribution in [2.75, 3.05) is 18.5 Å². The van der Waals surface area contributed by atoms with Gasteiger partial charge in [0.2, 0.25) is 10.0 Å². The van der Waals surface area contributed by atoms with Crippen molar-refractivity contribution in [2.24, 2.45) is 0 Å². The third-order valence-electron chi connectivity index (χ3n) is 3.56. The summed E-state index contributed by atoms with van der Waals surface area (Å²) in [4.78, 5) is -0.0882. The number of halogens is 1. The van der Waals surface area contributed by atoms with E-state index in [0.29, 0.717) is 6.54 Å². The second-order valence-corrected chi connectivity index (χ2v) is 7.79. The van der Waals surface area contributed by atoms with Crippen molar-refractivity contribution in [3.8, 4) is 0 Å². The van der Waals surface area contributed by atoms with E-state index in [1.165, 1.54) is 12.1 Å². The largest absolute Gasteiger partial charge is 0.396 e. The molecule has 0 radical (unpaired) electrons. The SMILES string of the molecule is CSC1(CNS(=O)(=O)c2ccc(N)c(F)c2)CCC1. The molecule has 4 nitrogen and oxygen atoms in total. The van der Waals surface area contributed by atoms with Gasteiger partial charge in [0.25, 0.3) is 0 Å². The van der Waals surface area contributed by atoms with Crippen LogP contribution in [0.25, 0.3) is 0 Å². The first-order valence-electron chi connectivity index (χ1n) is 5.98. The molecule has 0 amide bonds. The topological polar surface area (TPSA) is 72.2 Å². The summed E-state index contributed by atoms with van der Waals surface area (Å²) >= 11 is 1.68. The van der Waals surface area contributed by atoms with E-state index < -0.39 is 15.8 Å². The van der Waals surface area contributed by atoms with Crippen molar-refractivity contribution in [1.82, 2.24) is 4.72 Å². The molecule has 0 heterocycles. The smallest absolute Gasteiger partial charge is 0.240 e. The average molecular weight is 304 g/mol. The lowest BCUT2D eigenvalue weighted by Crippen LogP contribution is -2.45. The molecule has 0 atom stereocenters. The molecule has 0 aromatic heterocycles. The van der Waals surface area contributed by atoms with Gasteiger partial charge in [-0.3, -0.25) is 0 Å². The lowest BCUT2D eigenvalue weighted by Gasteiger charge is -2.40. The first-order chi connectivity index (χ1) is 8.88. The second-order valence-electron chi connectivity index (χ2n) is 4.75. The highest BCUT2D eigenvalue weighted by Crippen LogP contribution is 2.42. The molecule has 1 aromatic rings. The van der Waals surface area contributed by atoms with Gasteiger partial charge in [0.1, 0.15) is 5.82 Å². The Balaban J connectivity index is 2.11. The van der Waals surface area contributed by atoms with Crippen LogP contribution in [0.3, 0.4) is 0 Å². The van der Waals surface area contributed by atoms with E-state index in [4.69, 9.17) is 5.73 Å². The number of rotatable bonds is 5. The lowest BCUT2D eigenvalue weighted by molar-refractivity contribution is 0.362. The summed E-state index contributed by atoms with van der Waals surface area (Å²) < 4.78 is 40.0. The highest BCUT2D eigenvalue weighted by atomic mass is 32.2. The van der Waals surface area contributed by atoms with E-state index in [0.717, 1.165) is 25.3 Å². The van der Waals surface area contributed by atoms with Crippen LogP contribution >= 0.6 is 11.8 Å². The van der Waals surface area contributed by atoms with Gasteiger partial charge in [-0.2, -0.15) is 11.8 Å². The summed E-state index contributed by atoms with van der Waals surface area (Å²) in [6.45, 7) is 0.377. The molecule has 0 spiro atoms. The standard InChI is InChI=1S/C12H17FN2O2S2/c1-18-12(5-2-6-12)8-15-19(16,17)9-3-4-11(14)10(13)7-9/h3-4,7,15H,2,5-6,8,14H2,1H3. The van der Waals surface area contributed by atoms with E-state index in [-0.39, 0.29) is 15.3 Å². The van der Waals surface area contributed by atoms with Crippen LogP contribution in [0.2, 0.25) is 0 Å². The van der Waals surface area contributed by atoms with Gasteiger partial charge >= 0.3 is 0 Å². The molecule has 1 aromatic carbocycles. The van der Waals surface area contributed by atoms with Crippen LogP contribution in [0.1, 0.15) is 19.3 Å². The molecule has 0 unspecified atom stereocenters. The van der Waals surface area contributed by atoms with Crippen molar-refractivity contribution in [1.29, 1.82) is 0 Å². The minimum Gasteiger partial charge on any atom is -0.396 e. The molecule has 106 valence electrons. The van der Waals surface area contributed by atoms with Crippen LogP contribution in [0.4, 0.5) is 10.1 Å². The van der Waals surface area contributed by atoms with Crippen LogP contribution in [0, 0.1) is 5.82 Å². The minimum absolute atomic E-state index is 0.000573. The molecule has 3 N–H and O–H groups in total. The second kappa shape index (κ2) is 5.30. The zero-order valence-corrected chi connectivity index (χ0v) is 12.3. The van der Waals surface area contributed by atoms with Gasteiger partial charge in [-0.15, -0.1) is 0 Å². The summed E-state index contributed by atoms with van der Waals surface area (Å²) in [5.41, 5.74) is 5.28. The third kappa shape index (κ3) is 3.04. The van der Waals surface area contributed by atoms with Gasteiger partial charge in [-0.25, -0.2) is 17.5 Å². The Morgan fingerprint density at radius 1 is 1.47 bits per heavy atom. The predicted octanol–water partition coefficient (Wildman–Crippen LogP) is 1.97. The number of thioether (sulfide) groups is 1. The van der Waals surface area contributed by atoms with Crippen LogP contribution in [-0.4, -0.2) is 26.0 Å². The number of nitrogen functional groups attached to an aromatic ring is 1. The van der Waals surface area contributed by atoms with Crippen molar-refractivity contribution >= 4 is 27.5 Å². The zero-order valence-electron chi connectivity index (χ0n) is 10.6. The summed E-state index contributed by atoms with van der Waals surface area (Å²) in [6, 6.07) is 3.52. The van der Waals surface area contributed by atoms with Gasteiger partial charge in [-0.05, 0) is 37.3 Å². The summed E-state index contributed by atoms with van der Waals surface area (Å²) in [7, 11) is -3.68. The normalized spacial score (nSPS) is 18.0. The van der Waals surface area contributed by atoms with E-state index in [9.17, 15) is 12.8 Å². The van der Waals surface area contributed by atoms with Crippen LogP contribution in [-0.2, 0) is 10.0 Å². The number of hydrogen-bond acceptors (Lipinski definition) is 4. The monoisotopic (exact) mass is 304 g/mol. The molecule has 19 heavy (non-hydrogen) atoms. The summed E-state index contributed by atoms with van der Waals surface area (Å²) in [6.07, 6.45) is 5.12. The Morgan fingerprint density at radius 3 is 2.63 bits per heavy atom. The lowest BCUT2D eigenvalue weighted by atomic mass is 9.84. The van der Waals surface area contributed by atoms with Crippen molar-refractivity contribution < 1.29 is 12.8 Å². The van der Waals surface area contributed by atoms with Crippen LogP contribution < -0.4 is 10.5 Å². The molecular formula is C12H17FN2O2S2. The Labute approximate surface area is 117 Å². The van der Waals surface area contributed by atoms with Gasteiger partial charge in [0.15, 0.2) is 0 Å². The zero-order chi connectivity index (χ0) is 14.1. The fourth-order valence-corrected chi connectivity index (χ4v) is 4.15. The third-order valence-corrected chi connectivity index (χ3v) is 6.38. The molecular weight excluding hydrogens is 287 g/mol. The average Bonchev–Trinajstić information content (AvgIpc) is 2.31. The fraction of sp³-hybridized carbons (Fsp3) is 0.500. The first kappa shape index (κ1) is 14.6. The van der Waals surface area contributed by atoms with Gasteiger partial charge < -0.3 is 5.73 Å². The number of sulfonamides is 1. The van der Waals surface area contributed by atoms with E-state index in [1.807, 2.05) is 6.26 Å². The minimum atomic E-state index is -3.68. The molecule has 1 aliphatic carbocycles. The Morgan fingerprint density at radius 2 is 2.16 bits per heavy atom. The maximum atomic E-state index is 13.3. The highest BCUT2D eigenvalue weighted by molar-refractivity contribution is 8.00. The van der Waals surface area contributed by atoms with E-state index in [1.54, 1.807) is 11.8 Å². The number of nitrogens with two attached hydrogens (primary N) is 1. The summed E-state index contributed by atoms with van der Waals surface area (Å²) in [5.74, 6) is -0.717. The molecule has 0 aliphatic heterocycles. The molecule has 2 rings (SSSR count). The number of hydrogen-bond donors (Lipinski definition) is 2. The van der Waals surface area contributed by atoms with Crippen LogP contribution in [0.15, 0.2) is 23.1 Å². The van der Waals surface area contributed by atoms with Crippen molar-refractivity contribution in [3.05, 3.63) is 24.0 Å². The Bertz CT molecular complexity index is 566.